The van der Waals surface area contributed by atoms with E-state index in [1.165, 1.54) is 18.2 Å². The highest BCUT2D eigenvalue weighted by atomic mass is 19.1. The highest BCUT2D eigenvalue weighted by Gasteiger charge is 2.07. The number of nitrogens with one attached hydrogen (secondary N) is 2. The molecule has 1 atom stereocenters. The SMILES string of the molecule is O=c1cc(CNC[C@H](O)c2ccccc2)[nH]c2ccc(F)cc12. The van der Waals surface area contributed by atoms with Crippen LogP contribution < -0.4 is 10.7 Å². The van der Waals surface area contributed by atoms with Crippen molar-refractivity contribution in [2.45, 2.75) is 12.6 Å². The monoisotopic (exact) mass is 312 g/mol. The van der Waals surface area contributed by atoms with Crippen LogP contribution in [0.25, 0.3) is 10.9 Å². The van der Waals surface area contributed by atoms with E-state index < -0.39 is 11.9 Å². The number of aromatic amines is 1. The highest BCUT2D eigenvalue weighted by molar-refractivity contribution is 5.78. The molecule has 5 heteroatoms. The van der Waals surface area contributed by atoms with Crippen LogP contribution >= 0.6 is 0 Å². The Morgan fingerprint density at radius 2 is 1.91 bits per heavy atom. The molecule has 2 aromatic carbocycles. The van der Waals surface area contributed by atoms with Crippen molar-refractivity contribution in [1.29, 1.82) is 0 Å². The van der Waals surface area contributed by atoms with E-state index in [0.717, 1.165) is 5.56 Å². The third-order valence-electron chi connectivity index (χ3n) is 3.69. The number of fused-ring (bicyclic) bond motifs is 1. The van der Waals surface area contributed by atoms with Crippen LogP contribution in [0.1, 0.15) is 17.4 Å². The number of rotatable bonds is 5. The Kier molecular flexibility index (Phi) is 4.50. The molecule has 0 aliphatic carbocycles. The van der Waals surface area contributed by atoms with E-state index in [0.29, 0.717) is 29.7 Å². The summed E-state index contributed by atoms with van der Waals surface area (Å²) >= 11 is 0. The third kappa shape index (κ3) is 3.64. The molecule has 0 bridgehead atoms. The smallest absolute Gasteiger partial charge is 0.189 e. The summed E-state index contributed by atoms with van der Waals surface area (Å²) in [6.45, 7) is 0.778. The van der Waals surface area contributed by atoms with E-state index >= 15 is 0 Å². The van der Waals surface area contributed by atoms with Gasteiger partial charge in [-0.1, -0.05) is 30.3 Å². The quantitative estimate of drug-likeness (QED) is 0.678. The normalized spacial score (nSPS) is 12.4. The van der Waals surface area contributed by atoms with Gasteiger partial charge < -0.3 is 15.4 Å². The van der Waals surface area contributed by atoms with E-state index in [9.17, 15) is 14.3 Å². The predicted molar refractivity (Wildman–Crippen MR) is 87.6 cm³/mol. The number of aliphatic hydroxyl groups excluding tert-OH is 1. The third-order valence-corrected chi connectivity index (χ3v) is 3.69. The van der Waals surface area contributed by atoms with E-state index in [1.54, 1.807) is 6.07 Å². The molecular weight excluding hydrogens is 295 g/mol. The lowest BCUT2D eigenvalue weighted by atomic mass is 10.1. The van der Waals surface area contributed by atoms with Crippen LogP contribution in [0.15, 0.2) is 59.4 Å². The Labute approximate surface area is 132 Å². The van der Waals surface area contributed by atoms with Gasteiger partial charge in [-0.15, -0.1) is 0 Å². The van der Waals surface area contributed by atoms with Gasteiger partial charge in [-0.2, -0.15) is 0 Å². The molecule has 0 radical (unpaired) electrons. The zero-order valence-corrected chi connectivity index (χ0v) is 12.4. The molecule has 0 aliphatic heterocycles. The molecule has 1 heterocycles. The van der Waals surface area contributed by atoms with Gasteiger partial charge >= 0.3 is 0 Å². The summed E-state index contributed by atoms with van der Waals surface area (Å²) < 4.78 is 13.2. The fourth-order valence-electron chi connectivity index (χ4n) is 2.51. The van der Waals surface area contributed by atoms with Crippen molar-refractivity contribution in [2.24, 2.45) is 0 Å². The molecule has 0 fully saturated rings. The van der Waals surface area contributed by atoms with Crippen molar-refractivity contribution in [1.82, 2.24) is 10.3 Å². The van der Waals surface area contributed by atoms with Crippen molar-refractivity contribution in [2.75, 3.05) is 6.54 Å². The predicted octanol–water partition coefficient (Wildman–Crippen LogP) is 2.49. The van der Waals surface area contributed by atoms with Crippen molar-refractivity contribution in [3.8, 4) is 0 Å². The summed E-state index contributed by atoms with van der Waals surface area (Å²) in [5.41, 5.74) is 1.90. The van der Waals surface area contributed by atoms with Crippen molar-refractivity contribution < 1.29 is 9.50 Å². The van der Waals surface area contributed by atoms with Crippen LogP contribution in [0.3, 0.4) is 0 Å². The summed E-state index contributed by atoms with van der Waals surface area (Å²) in [4.78, 5) is 15.1. The number of aromatic nitrogens is 1. The lowest BCUT2D eigenvalue weighted by Crippen LogP contribution is -2.22. The summed E-state index contributed by atoms with van der Waals surface area (Å²) in [6.07, 6.45) is -0.613. The van der Waals surface area contributed by atoms with Gasteiger partial charge in [-0.3, -0.25) is 4.79 Å². The maximum atomic E-state index is 13.2. The number of hydrogen-bond donors (Lipinski definition) is 3. The first-order chi connectivity index (χ1) is 11.1. The highest BCUT2D eigenvalue weighted by Crippen LogP contribution is 2.12. The fourth-order valence-corrected chi connectivity index (χ4v) is 2.51. The zero-order chi connectivity index (χ0) is 16.2. The molecular formula is C18H17FN2O2. The minimum Gasteiger partial charge on any atom is -0.387 e. The minimum absolute atomic E-state index is 0.223. The lowest BCUT2D eigenvalue weighted by Gasteiger charge is -2.12. The molecule has 118 valence electrons. The standard InChI is InChI=1S/C18H17FN2O2/c19-13-6-7-16-15(8-13)17(22)9-14(21-16)10-20-11-18(23)12-4-2-1-3-5-12/h1-9,18,20,23H,10-11H2,(H,21,22)/t18-/m0/s1. The number of halogens is 1. The van der Waals surface area contributed by atoms with Crippen LogP contribution in [-0.2, 0) is 6.54 Å². The lowest BCUT2D eigenvalue weighted by molar-refractivity contribution is 0.174. The molecule has 4 nitrogen and oxygen atoms in total. The second kappa shape index (κ2) is 6.73. The first kappa shape index (κ1) is 15.4. The molecule has 0 saturated carbocycles. The molecule has 3 rings (SSSR count). The van der Waals surface area contributed by atoms with Gasteiger partial charge in [-0.25, -0.2) is 4.39 Å². The van der Waals surface area contributed by atoms with E-state index in [2.05, 4.69) is 10.3 Å². The summed E-state index contributed by atoms with van der Waals surface area (Å²) in [7, 11) is 0. The van der Waals surface area contributed by atoms with Gasteiger partial charge in [0, 0.05) is 35.8 Å². The molecule has 23 heavy (non-hydrogen) atoms. The first-order valence-electron chi connectivity index (χ1n) is 7.38. The van der Waals surface area contributed by atoms with Crippen molar-refractivity contribution >= 4 is 10.9 Å². The Balaban J connectivity index is 1.68. The number of hydrogen-bond acceptors (Lipinski definition) is 3. The second-order valence-electron chi connectivity index (χ2n) is 5.41. The van der Waals surface area contributed by atoms with Gasteiger partial charge in [0.05, 0.1) is 6.10 Å². The molecule has 0 saturated heterocycles. The average Bonchev–Trinajstić information content (AvgIpc) is 2.56. The van der Waals surface area contributed by atoms with E-state index in [-0.39, 0.29) is 5.43 Å². The Morgan fingerprint density at radius 3 is 2.70 bits per heavy atom. The van der Waals surface area contributed by atoms with Crippen LogP contribution in [0.2, 0.25) is 0 Å². The maximum absolute atomic E-state index is 13.2. The molecule has 0 aliphatic rings. The van der Waals surface area contributed by atoms with Gasteiger partial charge in [0.2, 0.25) is 0 Å². The van der Waals surface area contributed by atoms with Crippen molar-refractivity contribution in [3.05, 3.63) is 81.9 Å². The summed E-state index contributed by atoms with van der Waals surface area (Å²) in [5, 5.41) is 13.5. The first-order valence-corrected chi connectivity index (χ1v) is 7.38. The van der Waals surface area contributed by atoms with Gasteiger partial charge in [0.1, 0.15) is 5.82 Å². The Morgan fingerprint density at radius 1 is 1.13 bits per heavy atom. The average molecular weight is 312 g/mol. The molecule has 0 unspecified atom stereocenters. The molecule has 0 amide bonds. The zero-order valence-electron chi connectivity index (χ0n) is 12.4. The van der Waals surface area contributed by atoms with E-state index in [4.69, 9.17) is 0 Å². The van der Waals surface area contributed by atoms with Crippen LogP contribution in [0, 0.1) is 5.82 Å². The fraction of sp³-hybridized carbons (Fsp3) is 0.167. The van der Waals surface area contributed by atoms with Crippen molar-refractivity contribution in [3.63, 3.8) is 0 Å². The van der Waals surface area contributed by atoms with Crippen LogP contribution in [0.4, 0.5) is 4.39 Å². The number of aliphatic hydroxyl groups is 1. The van der Waals surface area contributed by atoms with Crippen LogP contribution in [0.5, 0.6) is 0 Å². The topological polar surface area (TPSA) is 65.1 Å². The summed E-state index contributed by atoms with van der Waals surface area (Å²) in [5.74, 6) is -0.431. The largest absolute Gasteiger partial charge is 0.387 e. The Bertz CT molecular complexity index is 862. The van der Waals surface area contributed by atoms with Gasteiger partial charge in [-0.05, 0) is 23.8 Å². The minimum atomic E-state index is -0.613. The molecule has 3 aromatic rings. The Hall–Kier alpha value is -2.50. The number of H-pyrrole nitrogens is 1. The molecule has 0 spiro atoms. The van der Waals surface area contributed by atoms with Gasteiger partial charge in [0.15, 0.2) is 5.43 Å². The second-order valence-corrected chi connectivity index (χ2v) is 5.41. The number of pyridine rings is 1. The maximum Gasteiger partial charge on any atom is 0.189 e. The van der Waals surface area contributed by atoms with Crippen LogP contribution in [-0.4, -0.2) is 16.6 Å². The number of benzene rings is 2. The molecule has 1 aromatic heterocycles. The molecule has 3 N–H and O–H groups in total. The van der Waals surface area contributed by atoms with E-state index in [1.807, 2.05) is 30.3 Å². The summed E-state index contributed by atoms with van der Waals surface area (Å²) in [6, 6.07) is 14.9. The van der Waals surface area contributed by atoms with Gasteiger partial charge in [0.25, 0.3) is 0 Å².